The van der Waals surface area contributed by atoms with Gasteiger partial charge in [0, 0.05) is 20.1 Å². The Morgan fingerprint density at radius 2 is 1.95 bits per heavy atom. The van der Waals surface area contributed by atoms with Crippen LogP contribution < -0.4 is 5.73 Å². The monoisotopic (exact) mass is 284 g/mol. The lowest BCUT2D eigenvalue weighted by molar-refractivity contribution is 0.428. The molecule has 0 saturated heterocycles. The van der Waals surface area contributed by atoms with Crippen molar-refractivity contribution in [1.82, 2.24) is 4.31 Å². The molecule has 0 radical (unpaired) electrons. The summed E-state index contributed by atoms with van der Waals surface area (Å²) in [5.41, 5.74) is 7.25. The highest BCUT2D eigenvalue weighted by atomic mass is 32.2. The normalized spacial score (nSPS) is 12.4. The molecule has 0 unspecified atom stereocenters. The second kappa shape index (κ2) is 6.50. The molecule has 2 N–H and O–H groups in total. The predicted molar refractivity (Wildman–Crippen MR) is 78.3 cm³/mol. The van der Waals surface area contributed by atoms with Gasteiger partial charge in [-0.1, -0.05) is 26.0 Å². The highest BCUT2D eigenvalue weighted by molar-refractivity contribution is 7.89. The van der Waals surface area contributed by atoms with Gasteiger partial charge in [0.2, 0.25) is 10.0 Å². The minimum atomic E-state index is -3.40. The summed E-state index contributed by atoms with van der Waals surface area (Å²) in [7, 11) is -1.76. The number of rotatable bonds is 6. The summed E-state index contributed by atoms with van der Waals surface area (Å²) in [5, 5.41) is 0. The van der Waals surface area contributed by atoms with Gasteiger partial charge in [0.1, 0.15) is 0 Å². The summed E-state index contributed by atoms with van der Waals surface area (Å²) in [6.45, 7) is 6.94. The van der Waals surface area contributed by atoms with E-state index in [9.17, 15) is 8.42 Å². The van der Waals surface area contributed by atoms with Crippen molar-refractivity contribution in [3.63, 3.8) is 0 Å². The molecular weight excluding hydrogens is 260 g/mol. The average molecular weight is 284 g/mol. The SMILES string of the molecule is Cc1cc(CN)ccc1S(=O)(=O)N(C)CCC(C)C. The Kier molecular flexibility index (Phi) is 5.52. The average Bonchev–Trinajstić information content (AvgIpc) is 2.35. The molecule has 108 valence electrons. The number of nitrogens with two attached hydrogens (primary N) is 1. The van der Waals surface area contributed by atoms with Crippen molar-refractivity contribution in [2.24, 2.45) is 11.7 Å². The Labute approximate surface area is 116 Å². The topological polar surface area (TPSA) is 63.4 Å². The van der Waals surface area contributed by atoms with Crippen LogP contribution in [0, 0.1) is 12.8 Å². The van der Waals surface area contributed by atoms with E-state index in [1.807, 2.05) is 13.0 Å². The number of hydrogen-bond acceptors (Lipinski definition) is 3. The lowest BCUT2D eigenvalue weighted by Gasteiger charge is -2.19. The molecule has 19 heavy (non-hydrogen) atoms. The zero-order chi connectivity index (χ0) is 14.6. The second-order valence-corrected chi connectivity index (χ2v) is 7.33. The predicted octanol–water partition coefficient (Wildman–Crippen LogP) is 2.12. The maximum Gasteiger partial charge on any atom is 0.243 e. The van der Waals surface area contributed by atoms with Crippen LogP contribution in [-0.4, -0.2) is 26.3 Å². The van der Waals surface area contributed by atoms with E-state index >= 15 is 0 Å². The van der Waals surface area contributed by atoms with Crippen LogP contribution in [0.3, 0.4) is 0 Å². The third-order valence-corrected chi connectivity index (χ3v) is 5.20. The largest absolute Gasteiger partial charge is 0.326 e. The summed E-state index contributed by atoms with van der Waals surface area (Å²) in [6, 6.07) is 5.26. The lowest BCUT2D eigenvalue weighted by Crippen LogP contribution is -2.29. The quantitative estimate of drug-likeness (QED) is 0.870. The van der Waals surface area contributed by atoms with E-state index in [0.29, 0.717) is 23.9 Å². The van der Waals surface area contributed by atoms with Gasteiger partial charge in [-0.2, -0.15) is 0 Å². The minimum Gasteiger partial charge on any atom is -0.326 e. The van der Waals surface area contributed by atoms with Crippen molar-refractivity contribution in [2.45, 2.75) is 38.6 Å². The molecule has 1 rings (SSSR count). The van der Waals surface area contributed by atoms with E-state index in [1.54, 1.807) is 19.2 Å². The van der Waals surface area contributed by atoms with Crippen molar-refractivity contribution >= 4 is 10.0 Å². The molecule has 4 nitrogen and oxygen atoms in total. The Morgan fingerprint density at radius 3 is 2.42 bits per heavy atom. The Morgan fingerprint density at radius 1 is 1.32 bits per heavy atom. The van der Waals surface area contributed by atoms with Crippen LogP contribution in [0.4, 0.5) is 0 Å². The highest BCUT2D eigenvalue weighted by Crippen LogP contribution is 2.20. The molecule has 0 atom stereocenters. The van der Waals surface area contributed by atoms with Gasteiger partial charge < -0.3 is 5.73 Å². The highest BCUT2D eigenvalue weighted by Gasteiger charge is 2.22. The molecule has 0 aliphatic heterocycles. The van der Waals surface area contributed by atoms with E-state index in [2.05, 4.69) is 13.8 Å². The second-order valence-electron chi connectivity index (χ2n) is 5.31. The molecule has 0 saturated carbocycles. The lowest BCUT2D eigenvalue weighted by atomic mass is 10.1. The van der Waals surface area contributed by atoms with Crippen molar-refractivity contribution in [1.29, 1.82) is 0 Å². The van der Waals surface area contributed by atoms with Crippen molar-refractivity contribution in [3.05, 3.63) is 29.3 Å². The summed E-state index contributed by atoms with van der Waals surface area (Å²) >= 11 is 0. The fourth-order valence-electron chi connectivity index (χ4n) is 1.86. The van der Waals surface area contributed by atoms with Crippen LogP contribution in [0.25, 0.3) is 0 Å². The van der Waals surface area contributed by atoms with E-state index in [4.69, 9.17) is 5.73 Å². The van der Waals surface area contributed by atoms with Gasteiger partial charge in [-0.3, -0.25) is 0 Å². The first-order chi connectivity index (χ1) is 8.78. The Bertz CT molecular complexity index is 524. The molecule has 0 heterocycles. The molecule has 0 aliphatic rings. The van der Waals surface area contributed by atoms with E-state index in [1.165, 1.54) is 4.31 Å². The zero-order valence-electron chi connectivity index (χ0n) is 12.2. The third kappa shape index (κ3) is 4.03. The fraction of sp³-hybridized carbons (Fsp3) is 0.571. The standard InChI is InChI=1S/C14H24N2O2S/c1-11(2)7-8-16(4)19(17,18)14-6-5-13(10-15)9-12(14)3/h5-6,9,11H,7-8,10,15H2,1-4H3. The van der Waals surface area contributed by atoms with Gasteiger partial charge in [0.15, 0.2) is 0 Å². The molecule has 5 heteroatoms. The van der Waals surface area contributed by atoms with Crippen LogP contribution in [0.5, 0.6) is 0 Å². The summed E-state index contributed by atoms with van der Waals surface area (Å²) in [6.07, 6.45) is 0.857. The zero-order valence-corrected chi connectivity index (χ0v) is 13.0. The maximum absolute atomic E-state index is 12.5. The Hall–Kier alpha value is -0.910. The number of sulfonamides is 1. The first kappa shape index (κ1) is 16.1. The first-order valence-electron chi connectivity index (χ1n) is 6.55. The summed E-state index contributed by atoms with van der Waals surface area (Å²) in [5.74, 6) is 0.485. The van der Waals surface area contributed by atoms with Gasteiger partial charge in [0.25, 0.3) is 0 Å². The molecule has 0 bridgehead atoms. The van der Waals surface area contributed by atoms with Gasteiger partial charge in [-0.25, -0.2) is 12.7 Å². The minimum absolute atomic E-state index is 0.371. The molecule has 0 amide bonds. The van der Waals surface area contributed by atoms with Crippen LogP contribution in [-0.2, 0) is 16.6 Å². The summed E-state index contributed by atoms with van der Waals surface area (Å²) in [4.78, 5) is 0.371. The first-order valence-corrected chi connectivity index (χ1v) is 7.99. The molecule has 0 spiro atoms. The Balaban J connectivity index is 2.99. The molecule has 0 fully saturated rings. The number of benzene rings is 1. The van der Waals surface area contributed by atoms with Crippen molar-refractivity contribution in [3.8, 4) is 0 Å². The number of aryl methyl sites for hydroxylation is 1. The van der Waals surface area contributed by atoms with Gasteiger partial charge in [-0.15, -0.1) is 0 Å². The molecule has 0 aliphatic carbocycles. The van der Waals surface area contributed by atoms with Crippen LogP contribution in [0.15, 0.2) is 23.1 Å². The maximum atomic E-state index is 12.5. The van der Waals surface area contributed by atoms with Crippen molar-refractivity contribution in [2.75, 3.05) is 13.6 Å². The molecule has 1 aromatic rings. The smallest absolute Gasteiger partial charge is 0.243 e. The summed E-state index contributed by atoms with van der Waals surface area (Å²) < 4.78 is 26.3. The molecule has 0 aromatic heterocycles. The van der Waals surface area contributed by atoms with Gasteiger partial charge in [-0.05, 0) is 36.5 Å². The van der Waals surface area contributed by atoms with Crippen LogP contribution >= 0.6 is 0 Å². The van der Waals surface area contributed by atoms with E-state index < -0.39 is 10.0 Å². The number of nitrogens with zero attached hydrogens (tertiary/aromatic N) is 1. The third-order valence-electron chi connectivity index (χ3n) is 3.18. The fourth-order valence-corrected chi connectivity index (χ4v) is 3.24. The van der Waals surface area contributed by atoms with Crippen molar-refractivity contribution < 1.29 is 8.42 Å². The van der Waals surface area contributed by atoms with Gasteiger partial charge in [0.05, 0.1) is 4.90 Å². The van der Waals surface area contributed by atoms with E-state index in [-0.39, 0.29) is 0 Å². The van der Waals surface area contributed by atoms with Gasteiger partial charge >= 0.3 is 0 Å². The molecule has 1 aromatic carbocycles. The number of hydrogen-bond donors (Lipinski definition) is 1. The van der Waals surface area contributed by atoms with E-state index in [0.717, 1.165) is 17.5 Å². The van der Waals surface area contributed by atoms with Crippen LogP contribution in [0.2, 0.25) is 0 Å². The van der Waals surface area contributed by atoms with Crippen LogP contribution in [0.1, 0.15) is 31.4 Å². The molecular formula is C14H24N2O2S.